The Morgan fingerprint density at radius 2 is 1.76 bits per heavy atom. The predicted molar refractivity (Wildman–Crippen MR) is 95.6 cm³/mol. The van der Waals surface area contributed by atoms with E-state index in [2.05, 4.69) is 32.9 Å². The largest absolute Gasteiger partial charge is 0.352 e. The summed E-state index contributed by atoms with van der Waals surface area (Å²) in [7, 11) is 0. The number of tetrazole rings is 1. The second kappa shape index (κ2) is 8.19. The van der Waals surface area contributed by atoms with Crippen LogP contribution in [-0.4, -0.2) is 32.2 Å². The van der Waals surface area contributed by atoms with E-state index < -0.39 is 0 Å². The fourth-order valence-corrected chi connectivity index (χ4v) is 2.56. The van der Waals surface area contributed by atoms with Crippen molar-refractivity contribution in [2.45, 2.75) is 32.4 Å². The van der Waals surface area contributed by atoms with Crippen LogP contribution in [0.1, 0.15) is 18.9 Å². The minimum atomic E-state index is -0.113. The smallest absolute Gasteiger partial charge is 0.243 e. The van der Waals surface area contributed by atoms with E-state index in [0.717, 1.165) is 18.4 Å². The summed E-state index contributed by atoms with van der Waals surface area (Å²) in [5.74, 6) is 0.406. The molecule has 1 N–H and O–H groups in total. The van der Waals surface area contributed by atoms with Crippen molar-refractivity contribution in [1.29, 1.82) is 0 Å². The molecular formula is C19H21N5O. The number of aromatic nitrogens is 4. The average molecular weight is 335 g/mol. The summed E-state index contributed by atoms with van der Waals surface area (Å²) in [6.45, 7) is 2.07. The summed E-state index contributed by atoms with van der Waals surface area (Å²) < 4.78 is 0. The first kappa shape index (κ1) is 16.8. The van der Waals surface area contributed by atoms with Crippen LogP contribution in [0.4, 0.5) is 0 Å². The number of nitrogens with zero attached hydrogens (tertiary/aromatic N) is 4. The molecule has 128 valence electrons. The lowest BCUT2D eigenvalue weighted by Gasteiger charge is -2.13. The van der Waals surface area contributed by atoms with Crippen LogP contribution in [0.15, 0.2) is 60.7 Å². The van der Waals surface area contributed by atoms with Gasteiger partial charge in [-0.15, -0.1) is 10.2 Å². The molecule has 25 heavy (non-hydrogen) atoms. The molecule has 0 radical (unpaired) electrons. The van der Waals surface area contributed by atoms with Gasteiger partial charge in [0.1, 0.15) is 6.54 Å². The fraction of sp³-hybridized carbons (Fsp3) is 0.263. The Labute approximate surface area is 146 Å². The van der Waals surface area contributed by atoms with Crippen molar-refractivity contribution in [3.8, 4) is 11.4 Å². The van der Waals surface area contributed by atoms with Gasteiger partial charge in [0.2, 0.25) is 11.7 Å². The SMILES string of the molecule is C[C@@H](CCc1ccccc1)NC(=O)Cn1nnc(-c2ccccc2)n1. The first-order chi connectivity index (χ1) is 12.2. The lowest BCUT2D eigenvalue weighted by molar-refractivity contribution is -0.122. The summed E-state index contributed by atoms with van der Waals surface area (Å²) in [5, 5.41) is 15.2. The van der Waals surface area contributed by atoms with Crippen molar-refractivity contribution in [3.05, 3.63) is 66.2 Å². The monoisotopic (exact) mass is 335 g/mol. The standard InChI is InChI=1S/C19H21N5O/c1-15(12-13-16-8-4-2-5-9-16)20-18(25)14-24-22-19(21-23-24)17-10-6-3-7-11-17/h2-11,15H,12-14H2,1H3,(H,20,25)/t15-/m0/s1. The van der Waals surface area contributed by atoms with E-state index in [1.165, 1.54) is 10.4 Å². The van der Waals surface area contributed by atoms with Crippen molar-refractivity contribution in [2.24, 2.45) is 0 Å². The molecule has 0 fully saturated rings. The van der Waals surface area contributed by atoms with Gasteiger partial charge in [0, 0.05) is 11.6 Å². The van der Waals surface area contributed by atoms with Crippen molar-refractivity contribution in [3.63, 3.8) is 0 Å². The number of nitrogens with one attached hydrogen (secondary N) is 1. The predicted octanol–water partition coefficient (Wildman–Crippen LogP) is 2.48. The molecule has 0 aliphatic carbocycles. The van der Waals surface area contributed by atoms with Gasteiger partial charge in [-0.1, -0.05) is 60.7 Å². The van der Waals surface area contributed by atoms with Crippen molar-refractivity contribution in [2.75, 3.05) is 0 Å². The molecule has 0 aliphatic rings. The molecule has 3 aromatic rings. The first-order valence-electron chi connectivity index (χ1n) is 8.37. The van der Waals surface area contributed by atoms with Gasteiger partial charge in [-0.3, -0.25) is 4.79 Å². The Morgan fingerprint density at radius 3 is 2.48 bits per heavy atom. The van der Waals surface area contributed by atoms with Gasteiger partial charge in [-0.2, -0.15) is 4.80 Å². The lowest BCUT2D eigenvalue weighted by Crippen LogP contribution is -2.35. The quantitative estimate of drug-likeness (QED) is 0.720. The molecule has 1 amide bonds. The molecule has 1 aromatic heterocycles. The highest BCUT2D eigenvalue weighted by molar-refractivity contribution is 5.75. The van der Waals surface area contributed by atoms with Crippen molar-refractivity contribution in [1.82, 2.24) is 25.5 Å². The van der Waals surface area contributed by atoms with Crippen LogP contribution in [0.5, 0.6) is 0 Å². The molecule has 0 bridgehead atoms. The topological polar surface area (TPSA) is 72.7 Å². The number of carbonyl (C=O) groups excluding carboxylic acids is 1. The van der Waals surface area contributed by atoms with Crippen molar-refractivity contribution >= 4 is 5.91 Å². The van der Waals surface area contributed by atoms with Gasteiger partial charge in [-0.05, 0) is 30.5 Å². The second-order valence-corrected chi connectivity index (χ2v) is 6.00. The highest BCUT2D eigenvalue weighted by Crippen LogP contribution is 2.11. The van der Waals surface area contributed by atoms with Gasteiger partial charge in [0.25, 0.3) is 0 Å². The zero-order chi connectivity index (χ0) is 17.5. The van der Waals surface area contributed by atoms with Gasteiger partial charge in [0.05, 0.1) is 0 Å². The number of hydrogen-bond acceptors (Lipinski definition) is 4. The molecule has 0 saturated carbocycles. The van der Waals surface area contributed by atoms with E-state index >= 15 is 0 Å². The van der Waals surface area contributed by atoms with Crippen molar-refractivity contribution < 1.29 is 4.79 Å². The zero-order valence-electron chi connectivity index (χ0n) is 14.2. The lowest BCUT2D eigenvalue weighted by atomic mass is 10.1. The van der Waals surface area contributed by atoms with Gasteiger partial charge < -0.3 is 5.32 Å². The van der Waals surface area contributed by atoms with Crippen LogP contribution < -0.4 is 5.32 Å². The molecule has 0 aliphatic heterocycles. The molecule has 0 saturated heterocycles. The number of benzene rings is 2. The number of aryl methyl sites for hydroxylation is 1. The highest BCUT2D eigenvalue weighted by Gasteiger charge is 2.11. The summed E-state index contributed by atoms with van der Waals surface area (Å²) in [4.78, 5) is 13.5. The van der Waals surface area contributed by atoms with E-state index in [0.29, 0.717) is 5.82 Å². The van der Waals surface area contributed by atoms with Gasteiger partial charge in [-0.25, -0.2) is 0 Å². The van der Waals surface area contributed by atoms with Crippen LogP contribution in [0.2, 0.25) is 0 Å². The number of carbonyl (C=O) groups is 1. The van der Waals surface area contributed by atoms with E-state index in [9.17, 15) is 4.79 Å². The molecule has 3 rings (SSSR count). The summed E-state index contributed by atoms with van der Waals surface area (Å²) in [6, 6.07) is 19.9. The molecule has 1 heterocycles. The van der Waals surface area contributed by atoms with E-state index in [-0.39, 0.29) is 18.5 Å². The maximum atomic E-state index is 12.1. The molecule has 0 unspecified atom stereocenters. The maximum Gasteiger partial charge on any atom is 0.243 e. The van der Waals surface area contributed by atoms with Gasteiger partial charge in [0.15, 0.2) is 0 Å². The Kier molecular flexibility index (Phi) is 5.51. The van der Waals surface area contributed by atoms with E-state index in [1.54, 1.807) is 0 Å². The number of amides is 1. The molecular weight excluding hydrogens is 314 g/mol. The average Bonchev–Trinajstić information content (AvgIpc) is 3.10. The third-order valence-electron chi connectivity index (χ3n) is 3.89. The molecule has 0 spiro atoms. The Balaban J connectivity index is 1.48. The van der Waals surface area contributed by atoms with Crippen LogP contribution in [0.3, 0.4) is 0 Å². The molecule has 2 aromatic carbocycles. The maximum absolute atomic E-state index is 12.1. The summed E-state index contributed by atoms with van der Waals surface area (Å²) >= 11 is 0. The molecule has 1 atom stereocenters. The summed E-state index contributed by atoms with van der Waals surface area (Å²) in [5.41, 5.74) is 2.15. The van der Waals surface area contributed by atoms with Crippen LogP contribution in [-0.2, 0) is 17.8 Å². The Morgan fingerprint density at radius 1 is 1.08 bits per heavy atom. The number of rotatable bonds is 7. The third-order valence-corrected chi connectivity index (χ3v) is 3.89. The fourth-order valence-electron chi connectivity index (χ4n) is 2.56. The minimum absolute atomic E-state index is 0.0650. The van der Waals surface area contributed by atoms with E-state index in [4.69, 9.17) is 0 Å². The molecule has 6 heteroatoms. The Bertz CT molecular complexity index is 801. The third kappa shape index (κ3) is 4.97. The van der Waals surface area contributed by atoms with Crippen LogP contribution in [0, 0.1) is 0 Å². The van der Waals surface area contributed by atoms with E-state index in [1.807, 2.05) is 55.5 Å². The first-order valence-corrected chi connectivity index (χ1v) is 8.37. The minimum Gasteiger partial charge on any atom is -0.352 e. The van der Waals surface area contributed by atoms with Gasteiger partial charge >= 0.3 is 0 Å². The van der Waals surface area contributed by atoms with Crippen LogP contribution >= 0.6 is 0 Å². The second-order valence-electron chi connectivity index (χ2n) is 6.00. The normalized spacial score (nSPS) is 11.9. The summed E-state index contributed by atoms with van der Waals surface area (Å²) in [6.07, 6.45) is 1.82. The zero-order valence-corrected chi connectivity index (χ0v) is 14.2. The number of hydrogen-bond donors (Lipinski definition) is 1. The molecule has 6 nitrogen and oxygen atoms in total. The highest BCUT2D eigenvalue weighted by atomic mass is 16.2. The Hall–Kier alpha value is -3.02. The van der Waals surface area contributed by atoms with Crippen LogP contribution in [0.25, 0.3) is 11.4 Å².